The molecule has 18 heavy (non-hydrogen) atoms. The molecule has 1 aromatic rings. The van der Waals surface area contributed by atoms with Gasteiger partial charge in [-0.15, -0.1) is 0 Å². The second kappa shape index (κ2) is 5.48. The Morgan fingerprint density at radius 2 is 2.11 bits per heavy atom. The van der Waals surface area contributed by atoms with Gasteiger partial charge in [0.25, 0.3) is 18.0 Å². The molecule has 1 amide bonds. The molecule has 0 saturated carbocycles. The summed E-state index contributed by atoms with van der Waals surface area (Å²) in [5, 5.41) is 10.5. The molecule has 0 heterocycles. The van der Waals surface area contributed by atoms with Gasteiger partial charge in [-0.1, -0.05) is 0 Å². The fourth-order valence-corrected chi connectivity index (χ4v) is 1.29. The van der Waals surface area contributed by atoms with Crippen LogP contribution < -0.4 is 0 Å². The van der Waals surface area contributed by atoms with E-state index in [9.17, 15) is 28.1 Å². The highest BCUT2D eigenvalue weighted by atomic mass is 19.3. The lowest BCUT2D eigenvalue weighted by Gasteiger charge is -2.16. The highest BCUT2D eigenvalue weighted by molar-refractivity contribution is 5.95. The van der Waals surface area contributed by atoms with Crippen molar-refractivity contribution >= 4 is 11.6 Å². The van der Waals surface area contributed by atoms with Crippen LogP contribution in [0, 0.1) is 15.9 Å². The number of carbonyl (C=O) groups excluding carboxylic acids is 1. The second-order valence-corrected chi connectivity index (χ2v) is 3.50. The molecule has 0 N–H and O–H groups in total. The molecule has 0 unspecified atom stereocenters. The van der Waals surface area contributed by atoms with E-state index in [0.717, 1.165) is 25.2 Å². The van der Waals surface area contributed by atoms with E-state index in [0.29, 0.717) is 4.90 Å². The van der Waals surface area contributed by atoms with Crippen molar-refractivity contribution in [1.82, 2.24) is 4.90 Å². The minimum Gasteiger partial charge on any atom is -0.336 e. The first-order chi connectivity index (χ1) is 8.32. The van der Waals surface area contributed by atoms with Crippen molar-refractivity contribution in [3.8, 4) is 0 Å². The van der Waals surface area contributed by atoms with Crippen molar-refractivity contribution in [3.63, 3.8) is 0 Å². The van der Waals surface area contributed by atoms with E-state index in [-0.39, 0.29) is 0 Å². The Morgan fingerprint density at radius 1 is 1.50 bits per heavy atom. The first-order valence-electron chi connectivity index (χ1n) is 4.80. The maximum atomic E-state index is 13.3. The molecular formula is C10H9F3N2O3. The molecular weight excluding hydrogens is 253 g/mol. The van der Waals surface area contributed by atoms with E-state index in [4.69, 9.17) is 0 Å². The third kappa shape index (κ3) is 3.19. The van der Waals surface area contributed by atoms with Crippen LogP contribution in [0.5, 0.6) is 0 Å². The minimum absolute atomic E-state index is 0.481. The number of carbonyl (C=O) groups is 1. The summed E-state index contributed by atoms with van der Waals surface area (Å²) in [5.41, 5.74) is -1.09. The minimum atomic E-state index is -2.76. The van der Waals surface area contributed by atoms with Gasteiger partial charge in [0.1, 0.15) is 5.82 Å². The first-order valence-corrected chi connectivity index (χ1v) is 4.80. The zero-order valence-electron chi connectivity index (χ0n) is 9.27. The van der Waals surface area contributed by atoms with Gasteiger partial charge in [0.15, 0.2) is 0 Å². The predicted octanol–water partition coefficient (Wildman–Crippen LogP) is 2.07. The Labute approximate surface area is 100.0 Å². The molecule has 1 aromatic carbocycles. The standard InChI is InChI=1S/C10H9F3N2O3/c1-14(5-9(12)13)10(16)7-4-6(15(17)18)2-3-8(7)11/h2-4,9H,5H2,1H3. The number of hydrogen-bond acceptors (Lipinski definition) is 3. The number of benzene rings is 1. The normalized spacial score (nSPS) is 10.5. The predicted molar refractivity (Wildman–Crippen MR) is 56.0 cm³/mol. The van der Waals surface area contributed by atoms with Gasteiger partial charge in [-0.3, -0.25) is 14.9 Å². The molecule has 5 nitrogen and oxygen atoms in total. The van der Waals surface area contributed by atoms with Crippen molar-refractivity contribution in [2.75, 3.05) is 13.6 Å². The van der Waals surface area contributed by atoms with E-state index in [1.165, 1.54) is 0 Å². The Kier molecular flexibility index (Phi) is 4.24. The van der Waals surface area contributed by atoms with Crippen LogP contribution >= 0.6 is 0 Å². The Morgan fingerprint density at radius 3 is 2.61 bits per heavy atom. The lowest BCUT2D eigenvalue weighted by atomic mass is 10.1. The number of hydrogen-bond donors (Lipinski definition) is 0. The van der Waals surface area contributed by atoms with E-state index < -0.39 is 40.9 Å². The number of nitro groups is 1. The summed E-state index contributed by atoms with van der Waals surface area (Å²) in [7, 11) is 1.06. The van der Waals surface area contributed by atoms with Gasteiger partial charge in [-0.05, 0) is 6.07 Å². The molecule has 0 saturated heterocycles. The van der Waals surface area contributed by atoms with Gasteiger partial charge in [0.2, 0.25) is 0 Å². The van der Waals surface area contributed by atoms with Crippen LogP contribution in [0.3, 0.4) is 0 Å². The summed E-state index contributed by atoms with van der Waals surface area (Å²) in [6.07, 6.45) is -2.76. The van der Waals surface area contributed by atoms with E-state index in [1.807, 2.05) is 0 Å². The van der Waals surface area contributed by atoms with Crippen LogP contribution in [0.15, 0.2) is 18.2 Å². The molecule has 0 aromatic heterocycles. The van der Waals surface area contributed by atoms with E-state index in [1.54, 1.807) is 0 Å². The number of non-ortho nitro benzene ring substituents is 1. The van der Waals surface area contributed by atoms with Gasteiger partial charge in [0, 0.05) is 19.2 Å². The number of alkyl halides is 2. The molecule has 8 heteroatoms. The topological polar surface area (TPSA) is 63.5 Å². The maximum absolute atomic E-state index is 13.3. The molecule has 0 atom stereocenters. The van der Waals surface area contributed by atoms with E-state index >= 15 is 0 Å². The van der Waals surface area contributed by atoms with Gasteiger partial charge in [-0.25, -0.2) is 13.2 Å². The largest absolute Gasteiger partial charge is 0.336 e. The van der Waals surface area contributed by atoms with Crippen LogP contribution in [-0.2, 0) is 0 Å². The fraction of sp³-hybridized carbons (Fsp3) is 0.300. The second-order valence-electron chi connectivity index (χ2n) is 3.50. The summed E-state index contributed by atoms with van der Waals surface area (Å²) in [5.74, 6) is -2.02. The smallest absolute Gasteiger partial charge is 0.270 e. The van der Waals surface area contributed by atoms with Crippen molar-refractivity contribution in [2.24, 2.45) is 0 Å². The summed E-state index contributed by atoms with van der Waals surface area (Å²) in [6, 6.07) is 2.36. The summed E-state index contributed by atoms with van der Waals surface area (Å²) in [4.78, 5) is 21.9. The van der Waals surface area contributed by atoms with Gasteiger partial charge in [-0.2, -0.15) is 0 Å². The summed E-state index contributed by atoms with van der Waals surface area (Å²) >= 11 is 0. The average molecular weight is 262 g/mol. The molecule has 0 aliphatic heterocycles. The van der Waals surface area contributed by atoms with Gasteiger partial charge < -0.3 is 4.90 Å². The van der Waals surface area contributed by atoms with Crippen LogP contribution in [0.4, 0.5) is 18.9 Å². The Bertz CT molecular complexity index is 479. The van der Waals surface area contributed by atoms with Crippen LogP contribution in [0.25, 0.3) is 0 Å². The Hall–Kier alpha value is -2.12. The third-order valence-electron chi connectivity index (χ3n) is 2.15. The molecule has 0 bridgehead atoms. The van der Waals surface area contributed by atoms with Crippen molar-refractivity contribution < 1.29 is 22.9 Å². The zero-order valence-corrected chi connectivity index (χ0v) is 9.27. The van der Waals surface area contributed by atoms with Crippen molar-refractivity contribution in [3.05, 3.63) is 39.7 Å². The molecule has 1 rings (SSSR count). The first kappa shape index (κ1) is 13.9. The molecule has 98 valence electrons. The lowest BCUT2D eigenvalue weighted by molar-refractivity contribution is -0.384. The number of nitrogens with zero attached hydrogens (tertiary/aromatic N) is 2. The molecule has 0 fully saturated rings. The Balaban J connectivity index is 3.04. The number of rotatable bonds is 4. The molecule has 0 spiro atoms. The fourth-order valence-electron chi connectivity index (χ4n) is 1.29. The van der Waals surface area contributed by atoms with Crippen LogP contribution in [0.2, 0.25) is 0 Å². The number of amides is 1. The monoisotopic (exact) mass is 262 g/mol. The maximum Gasteiger partial charge on any atom is 0.270 e. The number of nitro benzene ring substituents is 1. The van der Waals surface area contributed by atoms with Gasteiger partial charge >= 0.3 is 0 Å². The SMILES string of the molecule is CN(CC(F)F)C(=O)c1cc([N+](=O)[O-])ccc1F. The van der Waals surface area contributed by atoms with E-state index in [2.05, 4.69) is 0 Å². The number of halogens is 3. The zero-order chi connectivity index (χ0) is 13.9. The van der Waals surface area contributed by atoms with Crippen molar-refractivity contribution in [1.29, 1.82) is 0 Å². The van der Waals surface area contributed by atoms with Crippen LogP contribution in [-0.4, -0.2) is 35.7 Å². The quantitative estimate of drug-likeness (QED) is 0.616. The molecule has 0 aliphatic rings. The van der Waals surface area contributed by atoms with Crippen molar-refractivity contribution in [2.45, 2.75) is 6.43 Å². The summed E-state index contributed by atoms with van der Waals surface area (Å²) < 4.78 is 37.5. The molecule has 0 radical (unpaired) electrons. The highest BCUT2D eigenvalue weighted by Crippen LogP contribution is 2.18. The van der Waals surface area contributed by atoms with Crippen LogP contribution in [0.1, 0.15) is 10.4 Å². The highest BCUT2D eigenvalue weighted by Gasteiger charge is 2.21. The summed E-state index contributed by atoms with van der Waals surface area (Å²) in [6.45, 7) is -0.874. The van der Waals surface area contributed by atoms with Gasteiger partial charge in [0.05, 0.1) is 17.0 Å². The molecule has 0 aliphatic carbocycles. The third-order valence-corrected chi connectivity index (χ3v) is 2.15. The average Bonchev–Trinajstić information content (AvgIpc) is 2.27. The lowest BCUT2D eigenvalue weighted by Crippen LogP contribution is -2.31.